The molecule has 3 rings (SSSR count). The zero-order valence-corrected chi connectivity index (χ0v) is 12.8. The predicted molar refractivity (Wildman–Crippen MR) is 84.9 cm³/mol. The number of benzene rings is 2. The molecular formula is C18H15NO4. The minimum atomic E-state index is -0.293. The monoisotopic (exact) mass is 309 g/mol. The summed E-state index contributed by atoms with van der Waals surface area (Å²) in [6.45, 7) is 0. The quantitative estimate of drug-likeness (QED) is 0.674. The van der Waals surface area contributed by atoms with Gasteiger partial charge >= 0.3 is 0 Å². The first-order valence-electron chi connectivity index (χ1n) is 7.00. The van der Waals surface area contributed by atoms with Crippen molar-refractivity contribution in [3.63, 3.8) is 0 Å². The summed E-state index contributed by atoms with van der Waals surface area (Å²) in [5.41, 5.74) is 1.25. The van der Waals surface area contributed by atoms with Crippen LogP contribution >= 0.6 is 0 Å². The maximum atomic E-state index is 12.4. The molecule has 1 aromatic heterocycles. The first kappa shape index (κ1) is 14.8. The molecule has 0 aliphatic carbocycles. The van der Waals surface area contributed by atoms with Crippen LogP contribution in [0.1, 0.15) is 16.2 Å². The number of hydrogen-bond donors (Lipinski definition) is 0. The SMILES string of the molecule is COc1cccc(C(=O)c2ncc(-c3cccc(OC)c3)o2)c1. The maximum Gasteiger partial charge on any atom is 0.268 e. The molecule has 0 spiro atoms. The molecule has 0 amide bonds. The fourth-order valence-electron chi connectivity index (χ4n) is 2.18. The molecule has 0 unspecified atom stereocenters. The van der Waals surface area contributed by atoms with E-state index in [1.807, 2.05) is 24.3 Å². The van der Waals surface area contributed by atoms with Gasteiger partial charge in [-0.3, -0.25) is 4.79 Å². The smallest absolute Gasteiger partial charge is 0.268 e. The molecule has 5 heteroatoms. The molecule has 1 heterocycles. The van der Waals surface area contributed by atoms with Crippen molar-refractivity contribution in [2.24, 2.45) is 0 Å². The summed E-state index contributed by atoms with van der Waals surface area (Å²) in [6, 6.07) is 14.2. The van der Waals surface area contributed by atoms with E-state index < -0.39 is 0 Å². The average molecular weight is 309 g/mol. The lowest BCUT2D eigenvalue weighted by atomic mass is 10.1. The van der Waals surface area contributed by atoms with Crippen LogP contribution in [0.25, 0.3) is 11.3 Å². The first-order chi connectivity index (χ1) is 11.2. The molecule has 116 valence electrons. The van der Waals surface area contributed by atoms with Gasteiger partial charge in [0.2, 0.25) is 5.78 Å². The van der Waals surface area contributed by atoms with Crippen LogP contribution in [0.2, 0.25) is 0 Å². The second-order valence-corrected chi connectivity index (χ2v) is 4.82. The second kappa shape index (κ2) is 6.36. The Morgan fingerprint density at radius 1 is 1.00 bits per heavy atom. The highest BCUT2D eigenvalue weighted by Gasteiger charge is 2.17. The van der Waals surface area contributed by atoms with E-state index in [0.29, 0.717) is 22.8 Å². The van der Waals surface area contributed by atoms with E-state index in [0.717, 1.165) is 5.56 Å². The Balaban J connectivity index is 1.90. The van der Waals surface area contributed by atoms with Crippen molar-refractivity contribution in [3.8, 4) is 22.8 Å². The van der Waals surface area contributed by atoms with Crippen molar-refractivity contribution in [1.82, 2.24) is 4.98 Å². The lowest BCUT2D eigenvalue weighted by molar-refractivity contribution is 0.100. The van der Waals surface area contributed by atoms with Gasteiger partial charge in [-0.05, 0) is 24.3 Å². The van der Waals surface area contributed by atoms with Crippen molar-refractivity contribution in [3.05, 3.63) is 66.2 Å². The van der Waals surface area contributed by atoms with E-state index in [9.17, 15) is 4.79 Å². The van der Waals surface area contributed by atoms with Gasteiger partial charge in [0.15, 0.2) is 5.76 Å². The minimum absolute atomic E-state index is 0.0380. The molecule has 0 saturated heterocycles. The van der Waals surface area contributed by atoms with Gasteiger partial charge in [0.05, 0.1) is 20.4 Å². The normalized spacial score (nSPS) is 10.3. The van der Waals surface area contributed by atoms with E-state index in [1.165, 1.54) is 6.20 Å². The molecule has 0 aliphatic rings. The summed E-state index contributed by atoms with van der Waals surface area (Å²) in [6.07, 6.45) is 1.53. The van der Waals surface area contributed by atoms with Gasteiger partial charge in [0.1, 0.15) is 11.5 Å². The third-order valence-corrected chi connectivity index (χ3v) is 3.39. The van der Waals surface area contributed by atoms with Gasteiger partial charge in [0, 0.05) is 11.1 Å². The van der Waals surface area contributed by atoms with Gasteiger partial charge in [-0.25, -0.2) is 4.98 Å². The summed E-state index contributed by atoms with van der Waals surface area (Å²) >= 11 is 0. The molecule has 3 aromatic rings. The number of aromatic nitrogens is 1. The number of carbonyl (C=O) groups excluding carboxylic acids is 1. The maximum absolute atomic E-state index is 12.4. The third kappa shape index (κ3) is 3.08. The number of methoxy groups -OCH3 is 2. The average Bonchev–Trinajstić information content (AvgIpc) is 3.11. The standard InChI is InChI=1S/C18H15NO4/c1-21-14-7-3-5-12(9-14)16-11-19-18(23-16)17(20)13-6-4-8-15(10-13)22-2/h3-11H,1-2H3. The van der Waals surface area contributed by atoms with E-state index in [4.69, 9.17) is 13.9 Å². The van der Waals surface area contributed by atoms with Crippen LogP contribution in [0.5, 0.6) is 11.5 Å². The zero-order chi connectivity index (χ0) is 16.2. The fourth-order valence-corrected chi connectivity index (χ4v) is 2.18. The number of rotatable bonds is 5. The minimum Gasteiger partial charge on any atom is -0.497 e. The lowest BCUT2D eigenvalue weighted by Crippen LogP contribution is -2.01. The topological polar surface area (TPSA) is 61.6 Å². The molecular weight excluding hydrogens is 294 g/mol. The molecule has 0 bridgehead atoms. The van der Waals surface area contributed by atoms with E-state index in [-0.39, 0.29) is 11.7 Å². The van der Waals surface area contributed by atoms with E-state index in [2.05, 4.69) is 4.98 Å². The van der Waals surface area contributed by atoms with Crippen LogP contribution < -0.4 is 9.47 Å². The van der Waals surface area contributed by atoms with Crippen molar-refractivity contribution >= 4 is 5.78 Å². The summed E-state index contributed by atoms with van der Waals surface area (Å²) in [7, 11) is 3.15. The second-order valence-electron chi connectivity index (χ2n) is 4.82. The Labute approximate surface area is 133 Å². The molecule has 0 N–H and O–H groups in total. The first-order valence-corrected chi connectivity index (χ1v) is 7.00. The van der Waals surface area contributed by atoms with Gasteiger partial charge < -0.3 is 13.9 Å². The van der Waals surface area contributed by atoms with Crippen molar-refractivity contribution in [1.29, 1.82) is 0 Å². The number of ketones is 1. The van der Waals surface area contributed by atoms with Gasteiger partial charge in [-0.2, -0.15) is 0 Å². The Hall–Kier alpha value is -3.08. The molecule has 2 aromatic carbocycles. The van der Waals surface area contributed by atoms with Crippen LogP contribution in [0.4, 0.5) is 0 Å². The highest BCUT2D eigenvalue weighted by Crippen LogP contribution is 2.25. The molecule has 23 heavy (non-hydrogen) atoms. The van der Waals surface area contributed by atoms with Crippen LogP contribution in [0.3, 0.4) is 0 Å². The number of ether oxygens (including phenoxy) is 2. The Kier molecular flexibility index (Phi) is 4.10. The molecule has 0 atom stereocenters. The number of carbonyl (C=O) groups is 1. The number of oxazole rings is 1. The Morgan fingerprint density at radius 2 is 1.70 bits per heavy atom. The molecule has 0 radical (unpaired) electrons. The van der Waals surface area contributed by atoms with Crippen LogP contribution in [-0.4, -0.2) is 25.0 Å². The molecule has 0 aliphatic heterocycles. The highest BCUT2D eigenvalue weighted by molar-refractivity contribution is 6.06. The molecule has 0 saturated carbocycles. The van der Waals surface area contributed by atoms with Gasteiger partial charge in [0.25, 0.3) is 5.89 Å². The van der Waals surface area contributed by atoms with Crippen molar-refractivity contribution in [2.45, 2.75) is 0 Å². The summed E-state index contributed by atoms with van der Waals surface area (Å²) in [4.78, 5) is 16.5. The number of nitrogens with zero attached hydrogens (tertiary/aromatic N) is 1. The lowest BCUT2D eigenvalue weighted by Gasteiger charge is -2.02. The molecule has 0 fully saturated rings. The van der Waals surface area contributed by atoms with Gasteiger partial charge in [-0.1, -0.05) is 24.3 Å². The zero-order valence-electron chi connectivity index (χ0n) is 12.8. The predicted octanol–water partition coefficient (Wildman–Crippen LogP) is 3.59. The number of hydrogen-bond acceptors (Lipinski definition) is 5. The van der Waals surface area contributed by atoms with Crippen LogP contribution in [-0.2, 0) is 0 Å². The van der Waals surface area contributed by atoms with Crippen molar-refractivity contribution < 1.29 is 18.7 Å². The van der Waals surface area contributed by atoms with Gasteiger partial charge in [-0.15, -0.1) is 0 Å². The van der Waals surface area contributed by atoms with Crippen LogP contribution in [0, 0.1) is 0 Å². The highest BCUT2D eigenvalue weighted by atomic mass is 16.5. The largest absolute Gasteiger partial charge is 0.497 e. The Bertz CT molecular complexity index is 838. The van der Waals surface area contributed by atoms with E-state index >= 15 is 0 Å². The van der Waals surface area contributed by atoms with Crippen molar-refractivity contribution in [2.75, 3.05) is 14.2 Å². The van der Waals surface area contributed by atoms with Crippen LogP contribution in [0.15, 0.2) is 59.1 Å². The summed E-state index contributed by atoms with van der Waals surface area (Å²) in [5, 5.41) is 0. The summed E-state index contributed by atoms with van der Waals surface area (Å²) in [5.74, 6) is 1.57. The third-order valence-electron chi connectivity index (χ3n) is 3.39. The Morgan fingerprint density at radius 3 is 2.43 bits per heavy atom. The summed E-state index contributed by atoms with van der Waals surface area (Å²) < 4.78 is 15.9. The van der Waals surface area contributed by atoms with E-state index in [1.54, 1.807) is 38.5 Å². The molecule has 5 nitrogen and oxygen atoms in total. The fraction of sp³-hybridized carbons (Fsp3) is 0.111.